The summed E-state index contributed by atoms with van der Waals surface area (Å²) in [6.45, 7) is 8.70. The summed E-state index contributed by atoms with van der Waals surface area (Å²) in [4.78, 5) is 25.4. The molecule has 0 aliphatic carbocycles. The van der Waals surface area contributed by atoms with Crippen molar-refractivity contribution in [1.29, 1.82) is 0 Å². The second kappa shape index (κ2) is 7.13. The number of hydrogen-bond donors (Lipinski definition) is 1. The third-order valence-electron chi connectivity index (χ3n) is 4.82. The van der Waals surface area contributed by atoms with E-state index in [-0.39, 0.29) is 6.03 Å². The Labute approximate surface area is 155 Å². The van der Waals surface area contributed by atoms with Crippen molar-refractivity contribution in [3.63, 3.8) is 0 Å². The van der Waals surface area contributed by atoms with Gasteiger partial charge in [-0.3, -0.25) is 0 Å². The van der Waals surface area contributed by atoms with Gasteiger partial charge in [0.25, 0.3) is 0 Å². The van der Waals surface area contributed by atoms with E-state index in [0.717, 1.165) is 53.9 Å². The van der Waals surface area contributed by atoms with Crippen LogP contribution in [0.3, 0.4) is 0 Å². The van der Waals surface area contributed by atoms with Crippen LogP contribution in [0.5, 0.6) is 0 Å². The molecule has 7 nitrogen and oxygen atoms in total. The van der Waals surface area contributed by atoms with Crippen molar-refractivity contribution in [2.24, 2.45) is 5.92 Å². The molecule has 0 saturated heterocycles. The van der Waals surface area contributed by atoms with Crippen molar-refractivity contribution >= 4 is 22.9 Å². The lowest BCUT2D eigenvalue weighted by molar-refractivity contribution is 0.165. The number of anilines is 1. The summed E-state index contributed by atoms with van der Waals surface area (Å²) in [7, 11) is 3.58. The van der Waals surface area contributed by atoms with Crippen LogP contribution in [0.25, 0.3) is 11.0 Å². The fraction of sp³-hybridized carbons (Fsp3) is 0.632. The lowest BCUT2D eigenvalue weighted by Crippen LogP contribution is -2.42. The summed E-state index contributed by atoms with van der Waals surface area (Å²) in [5.74, 6) is 2.07. The second-order valence-corrected chi connectivity index (χ2v) is 7.75. The number of carbonyl (C=O) groups excluding carboxylic acids is 1. The number of carbonyl (C=O) groups is 1. The molecule has 2 N–H and O–H groups in total. The first-order chi connectivity index (χ1) is 12.3. The summed E-state index contributed by atoms with van der Waals surface area (Å²) in [5, 5.41) is 0. The minimum atomic E-state index is 0.0318. The molecular formula is C19H30N6O. The number of amides is 2. The molecule has 0 unspecified atom stereocenters. The van der Waals surface area contributed by atoms with Gasteiger partial charge in [-0.05, 0) is 12.3 Å². The molecule has 0 bridgehead atoms. The van der Waals surface area contributed by atoms with Crippen LogP contribution in [0.2, 0.25) is 0 Å². The molecular weight excluding hydrogens is 328 g/mol. The Morgan fingerprint density at radius 3 is 2.65 bits per heavy atom. The largest absolute Gasteiger partial charge is 0.382 e. The predicted molar refractivity (Wildman–Crippen MR) is 104 cm³/mol. The Morgan fingerprint density at radius 1 is 1.31 bits per heavy atom. The van der Waals surface area contributed by atoms with Gasteiger partial charge >= 0.3 is 6.03 Å². The van der Waals surface area contributed by atoms with Gasteiger partial charge in [-0.25, -0.2) is 14.8 Å². The Kier molecular flexibility index (Phi) is 5.07. The van der Waals surface area contributed by atoms with E-state index in [1.807, 2.05) is 4.90 Å². The third-order valence-corrected chi connectivity index (χ3v) is 4.82. The van der Waals surface area contributed by atoms with Crippen LogP contribution in [0.1, 0.15) is 44.3 Å². The van der Waals surface area contributed by atoms with Gasteiger partial charge in [-0.15, -0.1) is 0 Å². The third kappa shape index (κ3) is 3.22. The van der Waals surface area contributed by atoms with Crippen LogP contribution in [0.4, 0.5) is 10.6 Å². The quantitative estimate of drug-likeness (QED) is 0.911. The molecule has 26 heavy (non-hydrogen) atoms. The van der Waals surface area contributed by atoms with Crippen LogP contribution < -0.4 is 5.73 Å². The molecule has 1 aliphatic rings. The standard InChI is InChI=1S/C19H30N6O/c1-6-7-15-22-16-17(25(15)10-12(2)3)13-11-24(19(26)23(4)5)9-8-14(13)21-18(16)20/h12H,6-11H2,1-5H3,(H2,20,21). The molecule has 1 aliphatic heterocycles. The maximum absolute atomic E-state index is 12.5. The first-order valence-corrected chi connectivity index (χ1v) is 9.46. The van der Waals surface area contributed by atoms with Crippen molar-refractivity contribution in [3.8, 4) is 0 Å². The number of aryl methyl sites for hydroxylation is 1. The zero-order valence-electron chi connectivity index (χ0n) is 16.5. The Morgan fingerprint density at radius 2 is 2.04 bits per heavy atom. The van der Waals surface area contributed by atoms with Gasteiger partial charge in [0.1, 0.15) is 11.3 Å². The molecule has 0 spiro atoms. The molecule has 2 aromatic rings. The molecule has 142 valence electrons. The van der Waals surface area contributed by atoms with Gasteiger partial charge in [0.05, 0.1) is 17.8 Å². The highest BCUT2D eigenvalue weighted by molar-refractivity contribution is 5.89. The van der Waals surface area contributed by atoms with Gasteiger partial charge in [0.15, 0.2) is 5.82 Å². The lowest BCUT2D eigenvalue weighted by atomic mass is 10.0. The number of imidazole rings is 1. The maximum Gasteiger partial charge on any atom is 0.319 e. The molecule has 0 fully saturated rings. The van der Waals surface area contributed by atoms with E-state index in [1.165, 1.54) is 0 Å². The highest BCUT2D eigenvalue weighted by atomic mass is 16.2. The van der Waals surface area contributed by atoms with Crippen LogP contribution >= 0.6 is 0 Å². The van der Waals surface area contributed by atoms with E-state index >= 15 is 0 Å². The number of pyridine rings is 1. The fourth-order valence-electron chi connectivity index (χ4n) is 3.69. The second-order valence-electron chi connectivity index (χ2n) is 7.75. The first-order valence-electron chi connectivity index (χ1n) is 9.46. The van der Waals surface area contributed by atoms with Crippen LogP contribution in [0.15, 0.2) is 0 Å². The molecule has 0 atom stereocenters. The van der Waals surface area contributed by atoms with E-state index in [9.17, 15) is 4.79 Å². The summed E-state index contributed by atoms with van der Waals surface area (Å²) < 4.78 is 2.31. The van der Waals surface area contributed by atoms with Gasteiger partial charge in [0, 0.05) is 45.6 Å². The number of fused-ring (bicyclic) bond motifs is 3. The fourth-order valence-corrected chi connectivity index (χ4v) is 3.69. The number of nitrogen functional groups attached to an aromatic ring is 1. The minimum absolute atomic E-state index is 0.0318. The molecule has 3 rings (SSSR count). The van der Waals surface area contributed by atoms with Crippen molar-refractivity contribution in [2.45, 2.75) is 53.1 Å². The molecule has 2 aromatic heterocycles. The van der Waals surface area contributed by atoms with E-state index < -0.39 is 0 Å². The average Bonchev–Trinajstić information content (AvgIpc) is 2.93. The van der Waals surface area contributed by atoms with E-state index in [4.69, 9.17) is 10.7 Å². The summed E-state index contributed by atoms with van der Waals surface area (Å²) >= 11 is 0. The SMILES string of the molecule is CCCc1nc2c(N)nc3c(c2n1CC(C)C)CN(C(=O)N(C)C)CC3. The lowest BCUT2D eigenvalue weighted by Gasteiger charge is -2.31. The van der Waals surface area contributed by atoms with Gasteiger partial charge in [-0.2, -0.15) is 0 Å². The van der Waals surface area contributed by atoms with Gasteiger partial charge in [0.2, 0.25) is 0 Å². The smallest absolute Gasteiger partial charge is 0.319 e. The molecule has 0 aromatic carbocycles. The minimum Gasteiger partial charge on any atom is -0.382 e. The summed E-state index contributed by atoms with van der Waals surface area (Å²) in [6, 6.07) is 0.0318. The van der Waals surface area contributed by atoms with Crippen molar-refractivity contribution < 1.29 is 4.79 Å². The number of aromatic nitrogens is 3. The predicted octanol–water partition coefficient (Wildman–Crippen LogP) is 2.66. The van der Waals surface area contributed by atoms with E-state index in [1.54, 1.807) is 19.0 Å². The van der Waals surface area contributed by atoms with Crippen LogP contribution in [0, 0.1) is 5.92 Å². The Bertz CT molecular complexity index is 823. The van der Waals surface area contributed by atoms with Crippen molar-refractivity contribution in [2.75, 3.05) is 26.4 Å². The van der Waals surface area contributed by atoms with E-state index in [2.05, 4.69) is 30.3 Å². The van der Waals surface area contributed by atoms with Crippen molar-refractivity contribution in [1.82, 2.24) is 24.3 Å². The van der Waals surface area contributed by atoms with Gasteiger partial charge < -0.3 is 20.1 Å². The van der Waals surface area contributed by atoms with Gasteiger partial charge in [-0.1, -0.05) is 20.8 Å². The first kappa shape index (κ1) is 18.5. The Balaban J connectivity index is 2.17. The van der Waals surface area contributed by atoms with Crippen molar-refractivity contribution in [3.05, 3.63) is 17.1 Å². The molecule has 0 saturated carbocycles. The van der Waals surface area contributed by atoms with Crippen LogP contribution in [-0.2, 0) is 25.9 Å². The average molecular weight is 358 g/mol. The summed E-state index contributed by atoms with van der Waals surface area (Å²) in [5.41, 5.74) is 10.2. The monoisotopic (exact) mass is 358 g/mol. The molecule has 2 amide bonds. The molecule has 7 heteroatoms. The molecule has 3 heterocycles. The zero-order valence-corrected chi connectivity index (χ0v) is 16.5. The highest BCUT2D eigenvalue weighted by Gasteiger charge is 2.28. The van der Waals surface area contributed by atoms with E-state index in [0.29, 0.717) is 24.8 Å². The normalized spacial score (nSPS) is 14.2. The number of nitrogens with two attached hydrogens (primary N) is 1. The topological polar surface area (TPSA) is 80.3 Å². The summed E-state index contributed by atoms with van der Waals surface area (Å²) in [6.07, 6.45) is 2.67. The zero-order chi connectivity index (χ0) is 19.0. The van der Waals surface area contributed by atoms with Crippen LogP contribution in [-0.4, -0.2) is 51.0 Å². The molecule has 0 radical (unpaired) electrons. The number of urea groups is 1. The Hall–Kier alpha value is -2.31. The highest BCUT2D eigenvalue weighted by Crippen LogP contribution is 2.31. The maximum atomic E-state index is 12.5. The number of hydrogen-bond acceptors (Lipinski definition) is 4. The number of rotatable bonds is 4. The number of nitrogens with zero attached hydrogens (tertiary/aromatic N) is 5.